The summed E-state index contributed by atoms with van der Waals surface area (Å²) in [5.41, 5.74) is 22.9. The van der Waals surface area contributed by atoms with Crippen LogP contribution in [0.2, 0.25) is 0 Å². The second kappa shape index (κ2) is 31.5. The first kappa shape index (κ1) is 66.1. The van der Waals surface area contributed by atoms with Gasteiger partial charge in [-0.1, -0.05) is 78.3 Å². The summed E-state index contributed by atoms with van der Waals surface area (Å²) >= 11 is 0. The van der Waals surface area contributed by atoms with E-state index >= 15 is 0 Å². The van der Waals surface area contributed by atoms with Gasteiger partial charge in [-0.2, -0.15) is 0 Å². The summed E-state index contributed by atoms with van der Waals surface area (Å²) in [5, 5.41) is 36.8. The number of fused-ring (bicyclic) bond motifs is 1. The molecule has 26 heteroatoms. The van der Waals surface area contributed by atoms with Crippen molar-refractivity contribution in [3.05, 3.63) is 76.1 Å². The molecule has 26 nitrogen and oxygen atoms in total. The minimum absolute atomic E-state index is 0.00727. The summed E-state index contributed by atoms with van der Waals surface area (Å²) in [6.07, 6.45) is 0.139. The Morgan fingerprint density at radius 2 is 1.10 bits per heavy atom. The molecule has 0 saturated carbocycles. The first-order valence-corrected chi connectivity index (χ1v) is 27.6. The number of aliphatic hydroxyl groups excluding tert-OH is 1. The van der Waals surface area contributed by atoms with E-state index in [9.17, 15) is 58.2 Å². The van der Waals surface area contributed by atoms with E-state index in [4.69, 9.17) is 22.9 Å². The van der Waals surface area contributed by atoms with Crippen LogP contribution in [0.15, 0.2) is 69.4 Å². The fourth-order valence-corrected chi connectivity index (χ4v) is 9.35. The zero-order valence-electron chi connectivity index (χ0n) is 47.7. The third kappa shape index (κ3) is 19.4. The molecule has 2 aromatic carbocycles. The molecular weight excluding hydrogens is 1060 g/mol. The summed E-state index contributed by atoms with van der Waals surface area (Å²) in [7, 11) is 1.59. The number of nitrogens with one attached hydrogen (secondary N) is 6. The average molecular weight is 1140 g/mol. The second-order valence-corrected chi connectivity index (χ2v) is 21.4. The van der Waals surface area contributed by atoms with Crippen molar-refractivity contribution >= 4 is 75.9 Å². The number of aryl methyl sites for hydroxylation is 1. The summed E-state index contributed by atoms with van der Waals surface area (Å²) in [4.78, 5) is 148. The number of Topliss-reactive ketones (excluding diaryl/α,β-unsaturated/α-hetero) is 1. The number of pyridine rings is 1. The van der Waals surface area contributed by atoms with E-state index in [-0.39, 0.29) is 106 Å². The Balaban J connectivity index is 1.61. The van der Waals surface area contributed by atoms with Gasteiger partial charge in [0.2, 0.25) is 47.3 Å². The molecule has 3 aromatic rings. The van der Waals surface area contributed by atoms with E-state index < -0.39 is 113 Å². The van der Waals surface area contributed by atoms with Crippen molar-refractivity contribution in [2.24, 2.45) is 57.7 Å². The Morgan fingerprint density at radius 1 is 0.622 bits per heavy atom. The summed E-state index contributed by atoms with van der Waals surface area (Å²) in [6.45, 7) is 9.76. The Bertz CT molecular complexity index is 2870. The molecule has 0 radical (unpaired) electrons. The Labute approximate surface area is 476 Å². The van der Waals surface area contributed by atoms with Gasteiger partial charge in [0.15, 0.2) is 17.7 Å². The number of carbonyl (C=O) groups is 9. The van der Waals surface area contributed by atoms with E-state index in [2.05, 4.69) is 41.9 Å². The highest BCUT2D eigenvalue weighted by Crippen LogP contribution is 2.23. The molecular formula is C56H82N14O12. The number of amides is 8. The van der Waals surface area contributed by atoms with E-state index in [1.807, 2.05) is 27.7 Å². The number of rotatable bonds is 32. The van der Waals surface area contributed by atoms with Crippen LogP contribution >= 0.6 is 0 Å². The van der Waals surface area contributed by atoms with E-state index in [1.165, 1.54) is 34.9 Å². The maximum atomic E-state index is 14.5. The quantitative estimate of drug-likeness (QED) is 0.0121. The molecule has 8 atom stereocenters. The van der Waals surface area contributed by atoms with Crippen LogP contribution in [0.3, 0.4) is 0 Å². The molecule has 1 fully saturated rings. The number of nitrogens with zero attached hydrogens (tertiary/aromatic N) is 4. The van der Waals surface area contributed by atoms with Crippen molar-refractivity contribution in [2.75, 3.05) is 19.7 Å². The van der Waals surface area contributed by atoms with Gasteiger partial charge in [0.25, 0.3) is 5.56 Å². The molecule has 1 aromatic heterocycles. The summed E-state index contributed by atoms with van der Waals surface area (Å²) in [6, 6.07) is 4.15. The zero-order chi connectivity index (χ0) is 61.0. The number of hydrogen-bond acceptors (Lipinski definition) is 14. The van der Waals surface area contributed by atoms with Gasteiger partial charge in [-0.05, 0) is 80.0 Å². The number of nitrogens with two attached hydrogens (primary N) is 4. The maximum Gasteiger partial charge on any atom is 0.251 e. The third-order valence-corrected chi connectivity index (χ3v) is 13.9. The molecule has 0 aliphatic carbocycles. The average Bonchev–Trinajstić information content (AvgIpc) is 3.87. The van der Waals surface area contributed by atoms with Crippen molar-refractivity contribution in [1.29, 1.82) is 0 Å². The van der Waals surface area contributed by atoms with Gasteiger partial charge in [-0.3, -0.25) is 62.8 Å². The van der Waals surface area contributed by atoms with Gasteiger partial charge in [-0.25, -0.2) is 0 Å². The van der Waals surface area contributed by atoms with Gasteiger partial charge in [0, 0.05) is 56.4 Å². The van der Waals surface area contributed by atoms with Crippen LogP contribution in [0.1, 0.15) is 115 Å². The van der Waals surface area contributed by atoms with Gasteiger partial charge in [0.05, 0.1) is 18.2 Å². The number of imide groups is 1. The monoisotopic (exact) mass is 1140 g/mol. The van der Waals surface area contributed by atoms with Crippen LogP contribution < -0.4 is 60.4 Å². The van der Waals surface area contributed by atoms with Crippen molar-refractivity contribution in [3.8, 4) is 5.75 Å². The summed E-state index contributed by atoms with van der Waals surface area (Å²) < 4.78 is 1.42. The van der Waals surface area contributed by atoms with Crippen LogP contribution in [0.5, 0.6) is 5.75 Å². The van der Waals surface area contributed by atoms with E-state index in [0.717, 1.165) is 4.90 Å². The lowest BCUT2D eigenvalue weighted by Gasteiger charge is -2.30. The van der Waals surface area contributed by atoms with Crippen LogP contribution in [-0.4, -0.2) is 147 Å². The molecule has 1 aliphatic heterocycles. The topological polar surface area (TPSA) is 420 Å². The van der Waals surface area contributed by atoms with E-state index in [1.54, 1.807) is 45.2 Å². The fraction of sp³-hybridized carbons (Fsp3) is 0.536. The lowest BCUT2D eigenvalue weighted by atomic mass is 9.93. The Kier molecular flexibility index (Phi) is 25.4. The Morgan fingerprint density at radius 3 is 1.61 bits per heavy atom. The van der Waals surface area contributed by atoms with Gasteiger partial charge >= 0.3 is 0 Å². The van der Waals surface area contributed by atoms with Crippen LogP contribution in [0.4, 0.5) is 0 Å². The number of ketones is 1. The largest absolute Gasteiger partial charge is 0.508 e. The number of hydrogen-bond donors (Lipinski definition) is 12. The number of phenols is 1. The highest BCUT2D eigenvalue weighted by molar-refractivity contribution is 6.11. The lowest BCUT2D eigenvalue weighted by molar-refractivity contribution is -0.147. The Hall–Kier alpha value is -8.42. The summed E-state index contributed by atoms with van der Waals surface area (Å²) in [5.74, 6) is -8.40. The van der Waals surface area contributed by atoms with Gasteiger partial charge < -0.3 is 69.6 Å². The molecule has 1 aliphatic rings. The second-order valence-electron chi connectivity index (χ2n) is 21.4. The third-order valence-electron chi connectivity index (χ3n) is 13.9. The minimum Gasteiger partial charge on any atom is -0.508 e. The number of aromatic nitrogens is 1. The molecule has 0 spiro atoms. The van der Waals surface area contributed by atoms with Crippen molar-refractivity contribution in [2.45, 2.75) is 148 Å². The number of carbonyl (C=O) groups excluding carboxylic acids is 9. The van der Waals surface area contributed by atoms with Crippen molar-refractivity contribution in [1.82, 2.24) is 41.4 Å². The number of likely N-dealkylation sites (tertiary alicyclic amines) is 1. The number of guanidine groups is 2. The molecule has 16 N–H and O–H groups in total. The van der Waals surface area contributed by atoms with Gasteiger partial charge in [-0.15, -0.1) is 0 Å². The van der Waals surface area contributed by atoms with Crippen molar-refractivity contribution < 1.29 is 53.4 Å². The molecule has 0 bridgehead atoms. The number of phenolic OH excluding ortho intramolecular Hbond substituents is 1. The van der Waals surface area contributed by atoms with Crippen LogP contribution in [0, 0.1) is 17.8 Å². The molecule has 4 rings (SSSR count). The fourth-order valence-electron chi connectivity index (χ4n) is 9.35. The SMILES string of the molecule is CC[C@H](C)[C@H](NC(=O)[C@H](Cc1ccc(O)cc1)N1C(=O)CCC1=O)C(=O)N[C@@H](CO)C(=O)N[C@@H](CCCN=C(N)N)C(=O)N[C@@H](CCCN=C(N)N)C(=O)N[C@@H](CC(C)C)C(=O)N[C@@H](CC(C)C)C(=O)c1cc(=O)n(C)c2ccccc12. The van der Waals surface area contributed by atoms with Crippen LogP contribution in [0.25, 0.3) is 10.9 Å². The number of aliphatic imine (C=N–C) groups is 2. The predicted molar refractivity (Wildman–Crippen MR) is 307 cm³/mol. The molecule has 82 heavy (non-hydrogen) atoms. The standard InChI is InChI=1S/C56H82N14O12/c1-8-32(6)47(68-53(81)43(70-44(73)21-22-45(70)74)27-33-17-19-34(72)20-18-33)54(82)67-41(29-71)52(80)64-37(14-11-23-61-55(57)58)49(77)63-38(15-12-24-62-56(59)60)50(78)66-40(26-31(4)5)51(79)65-39(25-30(2)3)48(76)36-28-46(75)69(7)42-16-10-9-13-35(36)42/h9-10,13,16-20,28,30-32,37-41,43,47,71-72H,8,11-12,14-15,21-27,29H2,1-7H3,(H,63,77)(H,64,80)(H,65,79)(H,66,78)(H,67,82)(H,68,81)(H4,57,58,61)(H4,59,60,62)/t32-,37-,38-,39-,40-,41-,43-,47-/m0/s1. The highest BCUT2D eigenvalue weighted by Gasteiger charge is 2.41. The smallest absolute Gasteiger partial charge is 0.251 e. The highest BCUT2D eigenvalue weighted by atomic mass is 16.3. The van der Waals surface area contributed by atoms with Crippen LogP contribution in [-0.2, 0) is 51.8 Å². The zero-order valence-corrected chi connectivity index (χ0v) is 47.7. The van der Waals surface area contributed by atoms with E-state index in [0.29, 0.717) is 22.9 Å². The number of aliphatic hydroxyl groups is 1. The number of benzene rings is 2. The predicted octanol–water partition coefficient (Wildman–Crippen LogP) is -0.666. The molecule has 448 valence electrons. The maximum absolute atomic E-state index is 14.5. The molecule has 8 amide bonds. The number of para-hydroxylation sites is 1. The van der Waals surface area contributed by atoms with Gasteiger partial charge in [0.1, 0.15) is 42.0 Å². The normalized spacial score (nSPS) is 15.3. The lowest BCUT2D eigenvalue weighted by Crippen LogP contribution is -2.61. The minimum atomic E-state index is -1.73. The first-order chi connectivity index (χ1) is 38.8. The number of aromatic hydroxyl groups is 1. The molecule has 0 unspecified atom stereocenters. The molecule has 1 saturated heterocycles. The first-order valence-electron chi connectivity index (χ1n) is 27.6. The molecule has 2 heterocycles. The van der Waals surface area contributed by atoms with Crippen molar-refractivity contribution in [3.63, 3.8) is 0 Å².